The third-order valence-electron chi connectivity index (χ3n) is 3.70. The minimum absolute atomic E-state index is 0.264. The van der Waals surface area contributed by atoms with E-state index in [4.69, 9.17) is 14.6 Å². The second-order valence-corrected chi connectivity index (χ2v) is 5.19. The van der Waals surface area contributed by atoms with E-state index in [1.165, 1.54) is 18.4 Å². The van der Waals surface area contributed by atoms with Crippen LogP contribution in [0.3, 0.4) is 0 Å². The molecule has 0 atom stereocenters. The van der Waals surface area contributed by atoms with E-state index in [1.807, 2.05) is 6.07 Å². The van der Waals surface area contributed by atoms with Crippen LogP contribution in [0.25, 0.3) is 0 Å². The molecule has 1 aliphatic carbocycles. The zero-order valence-corrected chi connectivity index (χ0v) is 11.7. The van der Waals surface area contributed by atoms with Crippen LogP contribution in [0.15, 0.2) is 18.2 Å². The highest BCUT2D eigenvalue weighted by atomic mass is 16.5. The highest BCUT2D eigenvalue weighted by Gasteiger charge is 2.18. The van der Waals surface area contributed by atoms with Crippen molar-refractivity contribution in [1.82, 2.24) is 0 Å². The molecule has 3 heteroatoms. The van der Waals surface area contributed by atoms with E-state index in [9.17, 15) is 0 Å². The molecular weight excluding hydrogens is 240 g/mol. The summed E-state index contributed by atoms with van der Waals surface area (Å²) in [5.74, 6) is 1.69. The lowest BCUT2D eigenvalue weighted by atomic mass is 10.1. The lowest BCUT2D eigenvalue weighted by Gasteiger charge is -2.16. The minimum atomic E-state index is 0.264. The van der Waals surface area contributed by atoms with Gasteiger partial charge in [-0.2, -0.15) is 0 Å². The highest BCUT2D eigenvalue weighted by molar-refractivity contribution is 5.43. The van der Waals surface area contributed by atoms with E-state index in [2.05, 4.69) is 12.1 Å². The normalized spacial score (nSPS) is 15.7. The van der Waals surface area contributed by atoms with Gasteiger partial charge in [0.05, 0.1) is 13.2 Å². The molecule has 19 heavy (non-hydrogen) atoms. The van der Waals surface area contributed by atoms with Gasteiger partial charge in [-0.05, 0) is 62.6 Å². The van der Waals surface area contributed by atoms with Crippen LogP contribution in [0.5, 0.6) is 11.5 Å². The van der Waals surface area contributed by atoms with E-state index in [0.29, 0.717) is 6.10 Å². The van der Waals surface area contributed by atoms with Crippen molar-refractivity contribution in [2.24, 2.45) is 0 Å². The average Bonchev–Trinajstić information content (AvgIpc) is 2.93. The predicted octanol–water partition coefficient (Wildman–Crippen LogP) is 3.33. The summed E-state index contributed by atoms with van der Waals surface area (Å²) in [7, 11) is 1.69. The third kappa shape index (κ3) is 4.13. The quantitative estimate of drug-likeness (QED) is 0.768. The number of hydrogen-bond donors (Lipinski definition) is 1. The summed E-state index contributed by atoms with van der Waals surface area (Å²) < 4.78 is 11.4. The molecule has 1 saturated carbocycles. The topological polar surface area (TPSA) is 38.7 Å². The Morgan fingerprint density at radius 1 is 1.16 bits per heavy atom. The smallest absolute Gasteiger partial charge is 0.161 e. The lowest BCUT2D eigenvalue weighted by molar-refractivity contribution is 0.200. The van der Waals surface area contributed by atoms with Gasteiger partial charge in [-0.25, -0.2) is 0 Å². The van der Waals surface area contributed by atoms with Gasteiger partial charge in [0.15, 0.2) is 11.5 Å². The number of benzene rings is 1. The molecule has 0 aromatic heterocycles. The Bertz CT molecular complexity index is 384. The summed E-state index contributed by atoms with van der Waals surface area (Å²) in [5, 5.41) is 8.80. The standard InChI is InChI=1S/C16H24O3/c1-18-16-12-13(6-4-5-11-17)9-10-15(16)19-14-7-2-3-8-14/h9-10,12,14,17H,2-8,11H2,1H3. The monoisotopic (exact) mass is 264 g/mol. The molecule has 0 unspecified atom stereocenters. The fourth-order valence-electron chi connectivity index (χ4n) is 2.59. The molecule has 1 aliphatic rings. The molecule has 0 aliphatic heterocycles. The molecule has 0 radical (unpaired) electrons. The SMILES string of the molecule is COc1cc(CCCCO)ccc1OC1CCCC1. The maximum Gasteiger partial charge on any atom is 0.161 e. The fraction of sp³-hybridized carbons (Fsp3) is 0.625. The number of aliphatic hydroxyl groups is 1. The molecule has 2 rings (SSSR count). The third-order valence-corrected chi connectivity index (χ3v) is 3.70. The van der Waals surface area contributed by atoms with E-state index in [-0.39, 0.29) is 6.61 Å². The predicted molar refractivity (Wildman–Crippen MR) is 75.9 cm³/mol. The minimum Gasteiger partial charge on any atom is -0.493 e. The van der Waals surface area contributed by atoms with Gasteiger partial charge in [0.25, 0.3) is 0 Å². The summed E-state index contributed by atoms with van der Waals surface area (Å²) in [4.78, 5) is 0. The Balaban J connectivity index is 1.98. The Labute approximate surface area is 115 Å². The van der Waals surface area contributed by atoms with Crippen LogP contribution >= 0.6 is 0 Å². The summed E-state index contributed by atoms with van der Waals surface area (Å²) in [6.45, 7) is 0.264. The van der Waals surface area contributed by atoms with Crippen molar-refractivity contribution in [3.8, 4) is 11.5 Å². The first kappa shape index (κ1) is 14.2. The second kappa shape index (κ2) is 7.39. The van der Waals surface area contributed by atoms with Gasteiger partial charge in [-0.15, -0.1) is 0 Å². The van der Waals surface area contributed by atoms with E-state index >= 15 is 0 Å². The maximum absolute atomic E-state index is 8.80. The zero-order chi connectivity index (χ0) is 13.5. The number of rotatable bonds is 7. The molecule has 3 nitrogen and oxygen atoms in total. The first-order valence-corrected chi connectivity index (χ1v) is 7.28. The van der Waals surface area contributed by atoms with Gasteiger partial charge in [-0.1, -0.05) is 6.07 Å². The van der Waals surface area contributed by atoms with E-state index < -0.39 is 0 Å². The summed E-state index contributed by atoms with van der Waals surface area (Å²) in [6, 6.07) is 6.18. The van der Waals surface area contributed by atoms with Crippen molar-refractivity contribution in [2.75, 3.05) is 13.7 Å². The van der Waals surface area contributed by atoms with Crippen LogP contribution in [0.4, 0.5) is 0 Å². The van der Waals surface area contributed by atoms with Crippen molar-refractivity contribution in [3.05, 3.63) is 23.8 Å². The van der Waals surface area contributed by atoms with Crippen molar-refractivity contribution >= 4 is 0 Å². The Kier molecular flexibility index (Phi) is 5.52. The van der Waals surface area contributed by atoms with Crippen molar-refractivity contribution in [1.29, 1.82) is 0 Å². The lowest BCUT2D eigenvalue weighted by Crippen LogP contribution is -2.11. The number of ether oxygens (including phenoxy) is 2. The van der Waals surface area contributed by atoms with Crippen LogP contribution < -0.4 is 9.47 Å². The van der Waals surface area contributed by atoms with Crippen molar-refractivity contribution in [2.45, 2.75) is 51.0 Å². The molecule has 0 spiro atoms. The molecule has 0 saturated heterocycles. The zero-order valence-electron chi connectivity index (χ0n) is 11.7. The summed E-state index contributed by atoms with van der Waals surface area (Å²) in [6.07, 6.45) is 8.03. The number of unbranched alkanes of at least 4 members (excludes halogenated alkanes) is 1. The van der Waals surface area contributed by atoms with Gasteiger partial charge in [0.2, 0.25) is 0 Å². The van der Waals surface area contributed by atoms with Crippen LogP contribution in [-0.4, -0.2) is 24.9 Å². The van der Waals surface area contributed by atoms with Gasteiger partial charge in [-0.3, -0.25) is 0 Å². The average molecular weight is 264 g/mol. The largest absolute Gasteiger partial charge is 0.493 e. The van der Waals surface area contributed by atoms with E-state index in [0.717, 1.165) is 43.6 Å². The molecule has 0 amide bonds. The second-order valence-electron chi connectivity index (χ2n) is 5.19. The molecule has 1 fully saturated rings. The van der Waals surface area contributed by atoms with Crippen LogP contribution in [0.1, 0.15) is 44.1 Å². The van der Waals surface area contributed by atoms with Crippen molar-refractivity contribution < 1.29 is 14.6 Å². The molecule has 1 N–H and O–H groups in total. The van der Waals surface area contributed by atoms with Gasteiger partial charge >= 0.3 is 0 Å². The van der Waals surface area contributed by atoms with Crippen LogP contribution in [0, 0.1) is 0 Å². The van der Waals surface area contributed by atoms with Crippen LogP contribution in [-0.2, 0) is 6.42 Å². The van der Waals surface area contributed by atoms with Gasteiger partial charge in [0.1, 0.15) is 0 Å². The number of methoxy groups -OCH3 is 1. The molecule has 0 bridgehead atoms. The fourth-order valence-corrected chi connectivity index (χ4v) is 2.59. The molecule has 1 aromatic carbocycles. The first-order chi connectivity index (χ1) is 9.33. The Morgan fingerprint density at radius 3 is 2.63 bits per heavy atom. The number of hydrogen-bond acceptors (Lipinski definition) is 3. The van der Waals surface area contributed by atoms with Crippen LogP contribution in [0.2, 0.25) is 0 Å². The summed E-state index contributed by atoms with van der Waals surface area (Å²) in [5.41, 5.74) is 1.24. The van der Waals surface area contributed by atoms with Crippen molar-refractivity contribution in [3.63, 3.8) is 0 Å². The summed E-state index contributed by atoms with van der Waals surface area (Å²) >= 11 is 0. The number of aliphatic hydroxyl groups excluding tert-OH is 1. The molecule has 1 aromatic rings. The van der Waals surface area contributed by atoms with Gasteiger partial charge < -0.3 is 14.6 Å². The Hall–Kier alpha value is -1.22. The molecule has 0 heterocycles. The van der Waals surface area contributed by atoms with Gasteiger partial charge in [0, 0.05) is 6.61 Å². The van der Waals surface area contributed by atoms with E-state index in [1.54, 1.807) is 7.11 Å². The Morgan fingerprint density at radius 2 is 1.95 bits per heavy atom. The molecular formula is C16H24O3. The number of aryl methyl sites for hydroxylation is 1. The highest BCUT2D eigenvalue weighted by Crippen LogP contribution is 2.32. The first-order valence-electron chi connectivity index (χ1n) is 7.28. The maximum atomic E-state index is 8.80. The molecule has 106 valence electrons.